The molecule has 88 valence electrons. The van der Waals surface area contributed by atoms with E-state index < -0.39 is 10.0 Å². The van der Waals surface area contributed by atoms with Crippen molar-refractivity contribution in [3.63, 3.8) is 0 Å². The van der Waals surface area contributed by atoms with E-state index in [-0.39, 0.29) is 21.6 Å². The Kier molecular flexibility index (Phi) is 4.27. The van der Waals surface area contributed by atoms with E-state index in [0.717, 1.165) is 15.6 Å². The lowest BCUT2D eigenvalue weighted by Crippen LogP contribution is -2.27. The van der Waals surface area contributed by atoms with Crippen molar-refractivity contribution in [2.45, 2.75) is 17.6 Å². The van der Waals surface area contributed by atoms with Crippen LogP contribution in [0.15, 0.2) is 4.21 Å². The predicted molar refractivity (Wildman–Crippen MR) is 61.9 cm³/mol. The van der Waals surface area contributed by atoms with Gasteiger partial charge in [-0.3, -0.25) is 0 Å². The summed E-state index contributed by atoms with van der Waals surface area (Å²) in [5.41, 5.74) is 0.388. The van der Waals surface area contributed by atoms with E-state index in [4.69, 9.17) is 16.9 Å². The van der Waals surface area contributed by atoms with Crippen LogP contribution in [-0.2, 0) is 10.0 Å². The molecule has 0 radical (unpaired) electrons. The Bertz CT molecular complexity index is 518. The average molecular weight is 280 g/mol. The van der Waals surface area contributed by atoms with Crippen LogP contribution < -0.4 is 0 Å². The van der Waals surface area contributed by atoms with Crippen LogP contribution in [0.4, 0.5) is 0 Å². The first kappa shape index (κ1) is 13.4. The van der Waals surface area contributed by atoms with Crippen molar-refractivity contribution in [1.82, 2.24) is 9.29 Å². The lowest BCUT2D eigenvalue weighted by Gasteiger charge is -2.14. The molecule has 8 heteroatoms. The van der Waals surface area contributed by atoms with E-state index in [0.29, 0.717) is 5.69 Å². The van der Waals surface area contributed by atoms with Crippen molar-refractivity contribution in [2.24, 2.45) is 0 Å². The van der Waals surface area contributed by atoms with Crippen LogP contribution in [0.5, 0.6) is 0 Å². The second-order valence-electron chi connectivity index (χ2n) is 3.07. The maximum Gasteiger partial charge on any atom is 0.254 e. The predicted octanol–water partition coefficient (Wildman–Crippen LogP) is 1.64. The zero-order valence-corrected chi connectivity index (χ0v) is 11.2. The first-order chi connectivity index (χ1) is 7.39. The fourth-order valence-corrected chi connectivity index (χ4v) is 4.16. The average Bonchev–Trinajstić information content (AvgIpc) is 2.54. The summed E-state index contributed by atoms with van der Waals surface area (Å²) in [6, 6.07) is 1.90. The van der Waals surface area contributed by atoms with E-state index in [9.17, 15) is 8.42 Å². The summed E-state index contributed by atoms with van der Waals surface area (Å²) in [5.74, 6) is 0. The fraction of sp³-hybridized carbons (Fsp3) is 0.500. The number of aryl methyl sites for hydroxylation is 1. The largest absolute Gasteiger partial charge is 0.254 e. The van der Waals surface area contributed by atoms with E-state index in [2.05, 4.69) is 4.98 Å². The Morgan fingerprint density at radius 3 is 2.69 bits per heavy atom. The van der Waals surface area contributed by atoms with Gasteiger partial charge in [0.1, 0.15) is 0 Å². The molecule has 1 heterocycles. The summed E-state index contributed by atoms with van der Waals surface area (Å²) in [6.07, 6.45) is 0.154. The Morgan fingerprint density at radius 1 is 1.62 bits per heavy atom. The molecule has 0 amide bonds. The molecule has 1 rings (SSSR count). The molecule has 0 unspecified atom stereocenters. The fourth-order valence-electron chi connectivity index (χ4n) is 1.06. The number of thiazole rings is 1. The third-order valence-corrected chi connectivity index (χ3v) is 5.62. The van der Waals surface area contributed by atoms with Crippen LogP contribution in [0, 0.1) is 18.3 Å². The number of halogens is 1. The highest BCUT2D eigenvalue weighted by Crippen LogP contribution is 2.28. The SMILES string of the molecule is Cc1nc(Cl)sc1S(=O)(=O)N(C)CCC#N. The van der Waals surface area contributed by atoms with Gasteiger partial charge in [0.25, 0.3) is 10.0 Å². The van der Waals surface area contributed by atoms with Crippen molar-refractivity contribution >= 4 is 33.0 Å². The molecular weight excluding hydrogens is 270 g/mol. The lowest BCUT2D eigenvalue weighted by molar-refractivity contribution is 0.477. The molecule has 0 saturated carbocycles. The van der Waals surface area contributed by atoms with E-state index >= 15 is 0 Å². The quantitative estimate of drug-likeness (QED) is 0.840. The highest BCUT2D eigenvalue weighted by molar-refractivity contribution is 7.91. The van der Waals surface area contributed by atoms with Crippen LogP contribution >= 0.6 is 22.9 Å². The van der Waals surface area contributed by atoms with Gasteiger partial charge in [0.15, 0.2) is 8.68 Å². The summed E-state index contributed by atoms with van der Waals surface area (Å²) >= 11 is 6.58. The topological polar surface area (TPSA) is 74.1 Å². The third-order valence-electron chi connectivity index (χ3n) is 1.91. The van der Waals surface area contributed by atoms with Gasteiger partial charge in [0, 0.05) is 20.0 Å². The van der Waals surface area contributed by atoms with Gasteiger partial charge >= 0.3 is 0 Å². The molecule has 0 atom stereocenters. The Morgan fingerprint density at radius 2 is 2.25 bits per heavy atom. The molecule has 0 N–H and O–H groups in total. The van der Waals surface area contributed by atoms with Crippen LogP contribution in [-0.4, -0.2) is 31.3 Å². The number of nitriles is 1. The minimum Gasteiger partial charge on any atom is -0.229 e. The third kappa shape index (κ3) is 2.71. The van der Waals surface area contributed by atoms with Gasteiger partial charge < -0.3 is 0 Å². The maximum absolute atomic E-state index is 12.0. The molecule has 0 fully saturated rings. The van der Waals surface area contributed by atoms with Crippen molar-refractivity contribution in [2.75, 3.05) is 13.6 Å². The monoisotopic (exact) mass is 279 g/mol. The van der Waals surface area contributed by atoms with Gasteiger partial charge in [0.2, 0.25) is 0 Å². The van der Waals surface area contributed by atoms with Gasteiger partial charge in [-0.25, -0.2) is 13.4 Å². The second-order valence-corrected chi connectivity index (χ2v) is 6.90. The zero-order valence-electron chi connectivity index (χ0n) is 8.77. The standard InChI is InChI=1S/C8H10ClN3O2S2/c1-6-7(15-8(9)11-6)16(13,14)12(2)5-3-4-10/h3,5H2,1-2H3. The number of sulfonamides is 1. The van der Waals surface area contributed by atoms with Gasteiger partial charge in [-0.05, 0) is 6.92 Å². The summed E-state index contributed by atoms with van der Waals surface area (Å²) in [6.45, 7) is 1.75. The molecule has 0 saturated heterocycles. The highest BCUT2D eigenvalue weighted by atomic mass is 35.5. The van der Waals surface area contributed by atoms with Crippen LogP contribution in [0.1, 0.15) is 12.1 Å². The molecule has 1 aromatic heterocycles. The van der Waals surface area contributed by atoms with Gasteiger partial charge in [-0.1, -0.05) is 22.9 Å². The molecule has 0 aliphatic rings. The highest BCUT2D eigenvalue weighted by Gasteiger charge is 2.25. The van der Waals surface area contributed by atoms with Crippen molar-refractivity contribution in [1.29, 1.82) is 5.26 Å². The van der Waals surface area contributed by atoms with Gasteiger partial charge in [-0.2, -0.15) is 9.57 Å². The Labute approximate surface area is 103 Å². The Hall–Kier alpha value is -0.680. The van der Waals surface area contributed by atoms with E-state index in [1.165, 1.54) is 7.05 Å². The normalized spacial score (nSPS) is 11.7. The molecule has 0 bridgehead atoms. The Balaban J connectivity index is 3.03. The van der Waals surface area contributed by atoms with Gasteiger partial charge in [0.05, 0.1) is 11.8 Å². The number of nitrogens with zero attached hydrogens (tertiary/aromatic N) is 3. The molecule has 16 heavy (non-hydrogen) atoms. The molecule has 0 aromatic carbocycles. The van der Waals surface area contributed by atoms with Crippen molar-refractivity contribution < 1.29 is 8.42 Å². The summed E-state index contributed by atoms with van der Waals surface area (Å²) in [7, 11) is -2.14. The zero-order chi connectivity index (χ0) is 12.3. The van der Waals surface area contributed by atoms with Crippen LogP contribution in [0.25, 0.3) is 0 Å². The minimum atomic E-state index is -3.57. The molecule has 1 aromatic rings. The van der Waals surface area contributed by atoms with Crippen molar-refractivity contribution in [3.05, 3.63) is 10.2 Å². The lowest BCUT2D eigenvalue weighted by atomic mass is 10.5. The van der Waals surface area contributed by atoms with Crippen molar-refractivity contribution in [3.8, 4) is 6.07 Å². The smallest absolute Gasteiger partial charge is 0.229 e. The van der Waals surface area contributed by atoms with E-state index in [1.54, 1.807) is 6.92 Å². The molecule has 0 aliphatic heterocycles. The molecule has 5 nitrogen and oxygen atoms in total. The molecular formula is C8H10ClN3O2S2. The maximum atomic E-state index is 12.0. The van der Waals surface area contributed by atoms with E-state index in [1.807, 2.05) is 6.07 Å². The number of rotatable bonds is 4. The first-order valence-electron chi connectivity index (χ1n) is 4.36. The summed E-state index contributed by atoms with van der Waals surface area (Å²) in [4.78, 5) is 3.85. The number of aromatic nitrogens is 1. The minimum absolute atomic E-state index is 0.137. The number of hydrogen-bond acceptors (Lipinski definition) is 5. The van der Waals surface area contributed by atoms with Crippen LogP contribution in [0.3, 0.4) is 0 Å². The molecule has 0 aliphatic carbocycles. The number of hydrogen-bond donors (Lipinski definition) is 0. The van der Waals surface area contributed by atoms with Gasteiger partial charge in [-0.15, -0.1) is 0 Å². The van der Waals surface area contributed by atoms with Crippen LogP contribution in [0.2, 0.25) is 4.47 Å². The second kappa shape index (κ2) is 5.10. The first-order valence-corrected chi connectivity index (χ1v) is 6.99. The summed E-state index contributed by atoms with van der Waals surface area (Å²) in [5, 5.41) is 8.41. The summed E-state index contributed by atoms with van der Waals surface area (Å²) < 4.78 is 25.5. The molecule has 0 spiro atoms.